The van der Waals surface area contributed by atoms with Gasteiger partial charge in [0.1, 0.15) is 17.3 Å². The highest BCUT2D eigenvalue weighted by atomic mass is 16.5. The molecule has 2 aromatic rings. The van der Waals surface area contributed by atoms with Gasteiger partial charge in [0.2, 0.25) is 0 Å². The number of hydrogen-bond donors (Lipinski definition) is 1. The lowest BCUT2D eigenvalue weighted by atomic mass is 9.46. The smallest absolute Gasteiger partial charge is 0.351 e. The number of aliphatic hydroxyl groups is 1. The molecule has 1 aromatic heterocycles. The van der Waals surface area contributed by atoms with Gasteiger partial charge in [0, 0.05) is 17.2 Å². The number of benzene rings is 1. The summed E-state index contributed by atoms with van der Waals surface area (Å²) in [6.45, 7) is 12.0. The second kappa shape index (κ2) is 11.3. The van der Waals surface area contributed by atoms with Crippen LogP contribution in [-0.4, -0.2) is 23.3 Å². The Morgan fingerprint density at radius 3 is 2.67 bits per heavy atom. The van der Waals surface area contributed by atoms with Crippen LogP contribution in [0.1, 0.15) is 109 Å². The van der Waals surface area contributed by atoms with Crippen LogP contribution in [0.2, 0.25) is 0 Å². The van der Waals surface area contributed by atoms with Crippen LogP contribution in [0, 0.1) is 46.3 Å². The number of rotatable bonds is 7. The van der Waals surface area contributed by atoms with E-state index in [1.165, 1.54) is 44.1 Å². The van der Waals surface area contributed by atoms with E-state index in [0.717, 1.165) is 30.6 Å². The third kappa shape index (κ3) is 4.98. The van der Waals surface area contributed by atoms with Gasteiger partial charge in [-0.25, -0.2) is 9.59 Å². The first kappa shape index (κ1) is 29.7. The molecule has 1 unspecified atom stereocenters. The van der Waals surface area contributed by atoms with E-state index >= 15 is 0 Å². The van der Waals surface area contributed by atoms with E-state index in [9.17, 15) is 14.7 Å². The van der Waals surface area contributed by atoms with Crippen molar-refractivity contribution in [2.24, 2.45) is 46.3 Å². The number of hydrogen-bond acceptors (Lipinski definition) is 5. The summed E-state index contributed by atoms with van der Waals surface area (Å²) < 4.78 is 11.7. The van der Waals surface area contributed by atoms with Crippen molar-refractivity contribution >= 4 is 16.9 Å². The number of esters is 1. The molecule has 0 aliphatic heterocycles. The van der Waals surface area contributed by atoms with Gasteiger partial charge in [0.15, 0.2) is 0 Å². The summed E-state index contributed by atoms with van der Waals surface area (Å²) in [4.78, 5) is 26.3. The number of carbonyl (C=O) groups excluding carboxylic acids is 1. The van der Waals surface area contributed by atoms with Crippen molar-refractivity contribution in [3.05, 3.63) is 58.0 Å². The molecule has 0 amide bonds. The highest BCUT2D eigenvalue weighted by Crippen LogP contribution is 2.67. The van der Waals surface area contributed by atoms with Gasteiger partial charge in [-0.3, -0.25) is 0 Å². The second-order valence-corrected chi connectivity index (χ2v) is 15.1. The maximum absolute atomic E-state index is 13.6. The van der Waals surface area contributed by atoms with Crippen LogP contribution >= 0.6 is 0 Å². The van der Waals surface area contributed by atoms with Crippen LogP contribution in [0.5, 0.6) is 0 Å². The Bertz CT molecular complexity index is 1400. The Morgan fingerprint density at radius 1 is 1.10 bits per heavy atom. The molecule has 3 fully saturated rings. The van der Waals surface area contributed by atoms with Crippen molar-refractivity contribution < 1.29 is 19.1 Å². The number of carbonyl (C=O) groups is 1. The third-order valence-electron chi connectivity index (χ3n) is 12.5. The minimum absolute atomic E-state index is 0.0726. The second-order valence-electron chi connectivity index (χ2n) is 15.1. The Balaban J connectivity index is 1.25. The normalized spacial score (nSPS) is 36.6. The van der Waals surface area contributed by atoms with Crippen LogP contribution in [0.15, 0.2) is 51.2 Å². The van der Waals surface area contributed by atoms with Crippen molar-refractivity contribution in [1.82, 2.24) is 0 Å². The molecule has 0 radical (unpaired) electrons. The SMILES string of the molecule is CC(C)CCC[C@@H](C)[C@H]1CC[C@H]2[C@@H]3CC=C4C[C@@H](O)CC(OC(=O)c5cc6ccccc6oc5=O)[C@]4(C)[C@H]3CC[C@]12C. The summed E-state index contributed by atoms with van der Waals surface area (Å²) >= 11 is 0. The van der Waals surface area contributed by atoms with Gasteiger partial charge in [0.05, 0.1) is 6.10 Å². The molecule has 4 aliphatic rings. The minimum atomic E-state index is -0.676. The highest BCUT2D eigenvalue weighted by Gasteiger charge is 2.61. The van der Waals surface area contributed by atoms with Gasteiger partial charge in [-0.15, -0.1) is 0 Å². The van der Waals surface area contributed by atoms with E-state index in [1.54, 1.807) is 18.2 Å². The fourth-order valence-electron chi connectivity index (χ4n) is 10.3. The van der Waals surface area contributed by atoms with Crippen molar-refractivity contribution in [1.29, 1.82) is 0 Å². The van der Waals surface area contributed by atoms with Gasteiger partial charge in [-0.05, 0) is 91.6 Å². The monoisotopic (exact) mass is 574 g/mol. The molecule has 4 aliphatic carbocycles. The molecule has 5 heteroatoms. The van der Waals surface area contributed by atoms with E-state index in [4.69, 9.17) is 9.15 Å². The number of para-hydroxylation sites is 1. The molecule has 3 saturated carbocycles. The number of aliphatic hydroxyl groups excluding tert-OH is 1. The van der Waals surface area contributed by atoms with Gasteiger partial charge in [-0.2, -0.15) is 0 Å². The predicted molar refractivity (Wildman–Crippen MR) is 166 cm³/mol. The molecule has 1 N–H and O–H groups in total. The largest absolute Gasteiger partial charge is 0.458 e. The van der Waals surface area contributed by atoms with Gasteiger partial charge >= 0.3 is 11.6 Å². The molecule has 0 saturated heterocycles. The minimum Gasteiger partial charge on any atom is -0.458 e. The first-order valence-corrected chi connectivity index (χ1v) is 16.6. The first-order chi connectivity index (χ1) is 20.0. The van der Waals surface area contributed by atoms with Gasteiger partial charge in [-0.1, -0.05) is 83.7 Å². The van der Waals surface area contributed by atoms with E-state index in [2.05, 4.69) is 40.7 Å². The molecule has 0 bridgehead atoms. The molecular weight excluding hydrogens is 524 g/mol. The predicted octanol–water partition coefficient (Wildman–Crippen LogP) is 8.33. The summed E-state index contributed by atoms with van der Waals surface area (Å²) in [5, 5.41) is 11.6. The Morgan fingerprint density at radius 2 is 1.88 bits per heavy atom. The average molecular weight is 575 g/mol. The molecule has 42 heavy (non-hydrogen) atoms. The Hall–Kier alpha value is -2.40. The number of ether oxygens (including phenoxy) is 1. The zero-order valence-corrected chi connectivity index (χ0v) is 26.2. The van der Waals surface area contributed by atoms with Gasteiger partial charge < -0.3 is 14.3 Å². The van der Waals surface area contributed by atoms with Crippen molar-refractivity contribution in [3.63, 3.8) is 0 Å². The maximum Gasteiger partial charge on any atom is 0.351 e. The molecule has 1 aromatic carbocycles. The van der Waals surface area contributed by atoms with Crippen LogP contribution in [-0.2, 0) is 4.74 Å². The summed E-state index contributed by atoms with van der Waals surface area (Å²) in [5.74, 6) is 3.31. The summed E-state index contributed by atoms with van der Waals surface area (Å²) in [6.07, 6.45) is 12.4. The average Bonchev–Trinajstić information content (AvgIpc) is 3.30. The molecule has 6 rings (SSSR count). The lowest BCUT2D eigenvalue weighted by Crippen LogP contribution is -2.56. The van der Waals surface area contributed by atoms with Crippen molar-refractivity contribution in [2.75, 3.05) is 0 Å². The van der Waals surface area contributed by atoms with E-state index in [-0.39, 0.29) is 11.0 Å². The van der Waals surface area contributed by atoms with E-state index in [1.807, 2.05) is 12.1 Å². The van der Waals surface area contributed by atoms with Crippen molar-refractivity contribution in [3.8, 4) is 0 Å². The van der Waals surface area contributed by atoms with Crippen molar-refractivity contribution in [2.45, 2.75) is 111 Å². The highest BCUT2D eigenvalue weighted by molar-refractivity contribution is 5.93. The van der Waals surface area contributed by atoms with Crippen LogP contribution < -0.4 is 5.63 Å². The summed E-state index contributed by atoms with van der Waals surface area (Å²) in [5.41, 5.74) is 0.976. The fraction of sp³-hybridized carbons (Fsp3) is 0.676. The molecule has 5 nitrogen and oxygen atoms in total. The first-order valence-electron chi connectivity index (χ1n) is 16.6. The van der Waals surface area contributed by atoms with Crippen LogP contribution in [0.4, 0.5) is 0 Å². The van der Waals surface area contributed by atoms with E-state index < -0.39 is 23.8 Å². The lowest BCUT2D eigenvalue weighted by Gasteiger charge is -2.60. The van der Waals surface area contributed by atoms with Gasteiger partial charge in [0.25, 0.3) is 0 Å². The Labute approximate surface area is 251 Å². The Kier molecular flexibility index (Phi) is 7.96. The van der Waals surface area contributed by atoms with Crippen LogP contribution in [0.3, 0.4) is 0 Å². The standard InChI is InChI=1S/C37H50O5/c1-22(2)9-8-10-23(3)29-15-16-30-27-14-13-25-20-26(38)21-33(37(25,5)31(27)17-18-36(29,30)4)42-35(40)28-19-24-11-6-7-12-32(24)41-34(28)39/h6-7,11-13,19,22-23,26-27,29-31,33,38H,8-10,14-18,20-21H2,1-5H3/t23-,26-,27+,29-,30+,31+,33?,36-,37+/m1/s1. The van der Waals surface area contributed by atoms with E-state index in [0.29, 0.717) is 47.0 Å². The topological polar surface area (TPSA) is 76.7 Å². The molecule has 9 atom stereocenters. The molecular formula is C37H50O5. The third-order valence-corrected chi connectivity index (χ3v) is 12.5. The number of allylic oxidation sites excluding steroid dienone is 1. The summed E-state index contributed by atoms with van der Waals surface area (Å²) in [6, 6.07) is 8.79. The fourth-order valence-corrected chi connectivity index (χ4v) is 10.3. The maximum atomic E-state index is 13.6. The molecule has 0 spiro atoms. The molecule has 228 valence electrons. The lowest BCUT2D eigenvalue weighted by molar-refractivity contribution is -0.113. The number of fused-ring (bicyclic) bond motifs is 6. The van der Waals surface area contributed by atoms with Crippen LogP contribution in [0.25, 0.3) is 11.0 Å². The summed E-state index contributed by atoms with van der Waals surface area (Å²) in [7, 11) is 0. The zero-order valence-electron chi connectivity index (χ0n) is 26.2. The zero-order chi connectivity index (χ0) is 29.8. The molecule has 1 heterocycles. The quantitative estimate of drug-likeness (QED) is 0.204.